The lowest BCUT2D eigenvalue weighted by atomic mass is 9.43. The lowest BCUT2D eigenvalue weighted by Gasteiger charge is -2.63. The van der Waals surface area contributed by atoms with Crippen molar-refractivity contribution in [1.82, 2.24) is 10.6 Å². The highest BCUT2D eigenvalue weighted by Crippen LogP contribution is 2.68. The summed E-state index contributed by atoms with van der Waals surface area (Å²) >= 11 is 0. The maximum atomic E-state index is 12.5. The number of rotatable bonds is 11. The number of amides is 1. The van der Waals surface area contributed by atoms with Gasteiger partial charge in [-0.05, 0) is 129 Å². The summed E-state index contributed by atoms with van der Waals surface area (Å²) in [6, 6.07) is 0.974. The molecule has 1 amide bonds. The quantitative estimate of drug-likeness (QED) is 0.272. The standard InChI is InChI=1S/C34H60N2O2/c1-8-27(38)12-11-23(4)28-13-14-29-32-30(16-18-34(28,29)7)33(6)17-15-26(35-19-9-10-22(2)3)20-25(33)21-31(32)36-24(5)37/h22-23,25-26,28-32,35H,8-21H2,1-7H3,(H,36,37)/t23-,25-,26+,28-,29?,30?,31?,32?,33+,34-/m1/s1. The Morgan fingerprint density at radius 2 is 1.63 bits per heavy atom. The second-order valence-electron chi connectivity index (χ2n) is 15.1. The molecule has 4 rings (SSSR count). The highest BCUT2D eigenvalue weighted by molar-refractivity contribution is 5.77. The van der Waals surface area contributed by atoms with E-state index in [0.717, 1.165) is 31.2 Å². The Kier molecular flexibility index (Phi) is 9.74. The Balaban J connectivity index is 1.49. The number of Topliss-reactive ketones (excluding diaryl/α,β-unsaturated/α-hetero) is 1. The Labute approximate surface area is 234 Å². The Bertz CT molecular complexity index is 825. The van der Waals surface area contributed by atoms with Crippen molar-refractivity contribution in [1.29, 1.82) is 0 Å². The van der Waals surface area contributed by atoms with E-state index in [0.29, 0.717) is 64.7 Å². The van der Waals surface area contributed by atoms with E-state index in [-0.39, 0.29) is 5.91 Å². The smallest absolute Gasteiger partial charge is 0.217 e. The van der Waals surface area contributed by atoms with Crippen LogP contribution in [0.2, 0.25) is 0 Å². The van der Waals surface area contributed by atoms with E-state index in [9.17, 15) is 9.59 Å². The number of ketones is 1. The van der Waals surface area contributed by atoms with Crippen LogP contribution in [0.4, 0.5) is 0 Å². The third-order valence-corrected chi connectivity index (χ3v) is 12.5. The molecule has 38 heavy (non-hydrogen) atoms. The predicted molar refractivity (Wildman–Crippen MR) is 158 cm³/mol. The molecule has 10 atom stereocenters. The van der Waals surface area contributed by atoms with Gasteiger partial charge in [0.05, 0.1) is 0 Å². The van der Waals surface area contributed by atoms with Crippen molar-refractivity contribution in [2.75, 3.05) is 6.54 Å². The first kappa shape index (κ1) is 30.1. The summed E-state index contributed by atoms with van der Waals surface area (Å²) in [6.45, 7) is 17.2. The minimum atomic E-state index is 0.157. The van der Waals surface area contributed by atoms with Crippen molar-refractivity contribution in [3.8, 4) is 0 Å². The van der Waals surface area contributed by atoms with Crippen molar-refractivity contribution in [2.45, 2.75) is 144 Å². The summed E-state index contributed by atoms with van der Waals surface area (Å²) in [5.74, 6) is 5.45. The molecular formula is C34H60N2O2. The average molecular weight is 529 g/mol. The van der Waals surface area contributed by atoms with Gasteiger partial charge in [0.1, 0.15) is 5.78 Å². The minimum absolute atomic E-state index is 0.157. The first-order chi connectivity index (χ1) is 18.0. The van der Waals surface area contributed by atoms with Crippen molar-refractivity contribution in [3.05, 3.63) is 0 Å². The maximum Gasteiger partial charge on any atom is 0.217 e. The summed E-state index contributed by atoms with van der Waals surface area (Å²) in [5.41, 5.74) is 0.763. The first-order valence-corrected chi connectivity index (χ1v) is 16.5. The van der Waals surface area contributed by atoms with Crippen LogP contribution in [-0.2, 0) is 9.59 Å². The number of carbonyl (C=O) groups excluding carboxylic acids is 2. The fourth-order valence-electron chi connectivity index (χ4n) is 10.4. The summed E-state index contributed by atoms with van der Waals surface area (Å²) in [6.07, 6.45) is 15.4. The van der Waals surface area contributed by atoms with Gasteiger partial charge in [-0.15, -0.1) is 0 Å². The van der Waals surface area contributed by atoms with Gasteiger partial charge in [0.2, 0.25) is 5.91 Å². The Morgan fingerprint density at radius 1 is 0.921 bits per heavy atom. The van der Waals surface area contributed by atoms with E-state index in [1.165, 1.54) is 64.2 Å². The second kappa shape index (κ2) is 12.3. The van der Waals surface area contributed by atoms with Gasteiger partial charge in [-0.2, -0.15) is 0 Å². The van der Waals surface area contributed by atoms with Gasteiger partial charge >= 0.3 is 0 Å². The van der Waals surface area contributed by atoms with E-state index in [4.69, 9.17) is 0 Å². The molecule has 0 bridgehead atoms. The van der Waals surface area contributed by atoms with Gasteiger partial charge < -0.3 is 10.6 Å². The Hall–Kier alpha value is -0.900. The molecular weight excluding hydrogens is 468 g/mol. The summed E-state index contributed by atoms with van der Waals surface area (Å²) in [7, 11) is 0. The fourth-order valence-corrected chi connectivity index (χ4v) is 10.4. The maximum absolute atomic E-state index is 12.5. The third-order valence-electron chi connectivity index (χ3n) is 12.5. The van der Waals surface area contributed by atoms with Gasteiger partial charge in [0.25, 0.3) is 0 Å². The van der Waals surface area contributed by atoms with Crippen molar-refractivity contribution in [2.24, 2.45) is 52.3 Å². The van der Waals surface area contributed by atoms with Crippen LogP contribution in [-0.4, -0.2) is 30.3 Å². The molecule has 0 aromatic heterocycles. The predicted octanol–water partition coefficient (Wildman–Crippen LogP) is 7.55. The van der Waals surface area contributed by atoms with Crippen LogP contribution < -0.4 is 10.6 Å². The number of fused-ring (bicyclic) bond motifs is 5. The van der Waals surface area contributed by atoms with Crippen molar-refractivity contribution in [3.63, 3.8) is 0 Å². The molecule has 0 spiro atoms. The molecule has 4 aliphatic carbocycles. The first-order valence-electron chi connectivity index (χ1n) is 16.5. The molecule has 4 fully saturated rings. The molecule has 0 aromatic carbocycles. The average Bonchev–Trinajstić information content (AvgIpc) is 3.22. The largest absolute Gasteiger partial charge is 0.353 e. The van der Waals surface area contributed by atoms with Crippen LogP contribution in [0.5, 0.6) is 0 Å². The molecule has 2 N–H and O–H groups in total. The Morgan fingerprint density at radius 3 is 2.32 bits per heavy atom. The zero-order chi connectivity index (χ0) is 27.7. The van der Waals surface area contributed by atoms with E-state index in [1.54, 1.807) is 6.92 Å². The molecule has 4 heteroatoms. The zero-order valence-electron chi connectivity index (χ0n) is 25.9. The van der Waals surface area contributed by atoms with E-state index >= 15 is 0 Å². The lowest BCUT2D eigenvalue weighted by molar-refractivity contribution is -0.140. The van der Waals surface area contributed by atoms with Crippen LogP contribution in [0.15, 0.2) is 0 Å². The summed E-state index contributed by atoms with van der Waals surface area (Å²) < 4.78 is 0. The topological polar surface area (TPSA) is 58.2 Å². The lowest BCUT2D eigenvalue weighted by Crippen LogP contribution is -2.62. The van der Waals surface area contributed by atoms with E-state index in [2.05, 4.69) is 45.3 Å². The number of hydrogen-bond donors (Lipinski definition) is 2. The highest BCUT2D eigenvalue weighted by atomic mass is 16.1. The van der Waals surface area contributed by atoms with Gasteiger partial charge in [-0.3, -0.25) is 9.59 Å². The molecule has 4 unspecified atom stereocenters. The fraction of sp³-hybridized carbons (Fsp3) is 0.941. The minimum Gasteiger partial charge on any atom is -0.353 e. The molecule has 0 radical (unpaired) electrons. The van der Waals surface area contributed by atoms with E-state index < -0.39 is 0 Å². The molecule has 0 heterocycles. The van der Waals surface area contributed by atoms with Gasteiger partial charge in [0, 0.05) is 31.8 Å². The normalized spacial score (nSPS) is 41.2. The highest BCUT2D eigenvalue weighted by Gasteiger charge is 2.63. The van der Waals surface area contributed by atoms with Gasteiger partial charge in [-0.1, -0.05) is 41.5 Å². The molecule has 0 aromatic rings. The molecule has 218 valence electrons. The summed E-state index contributed by atoms with van der Waals surface area (Å²) in [4.78, 5) is 24.6. The second-order valence-corrected chi connectivity index (χ2v) is 15.1. The monoisotopic (exact) mass is 528 g/mol. The SMILES string of the molecule is CCC(=O)CC[C@@H](C)[C@H]1CCC2C3C(NC(C)=O)C[C@H]4C[C@@H](NCCCC(C)C)CC[C@]4(C)C3CC[C@@]21C. The third kappa shape index (κ3) is 6.06. The van der Waals surface area contributed by atoms with E-state index in [1.807, 2.05) is 6.92 Å². The number of hydrogen-bond acceptors (Lipinski definition) is 3. The molecule has 0 aliphatic heterocycles. The van der Waals surface area contributed by atoms with Crippen LogP contribution in [0.3, 0.4) is 0 Å². The number of nitrogens with one attached hydrogen (secondary N) is 2. The van der Waals surface area contributed by atoms with Gasteiger partial charge in [-0.25, -0.2) is 0 Å². The van der Waals surface area contributed by atoms with Crippen molar-refractivity contribution < 1.29 is 9.59 Å². The van der Waals surface area contributed by atoms with Crippen LogP contribution in [0.25, 0.3) is 0 Å². The molecule has 0 saturated heterocycles. The molecule has 4 aliphatic rings. The van der Waals surface area contributed by atoms with Crippen LogP contribution >= 0.6 is 0 Å². The van der Waals surface area contributed by atoms with Crippen LogP contribution in [0.1, 0.15) is 132 Å². The summed E-state index contributed by atoms with van der Waals surface area (Å²) in [5, 5.41) is 7.46. The van der Waals surface area contributed by atoms with Crippen LogP contribution in [0, 0.1) is 52.3 Å². The van der Waals surface area contributed by atoms with Gasteiger partial charge in [0.15, 0.2) is 0 Å². The van der Waals surface area contributed by atoms with Crippen molar-refractivity contribution >= 4 is 11.7 Å². The molecule has 4 saturated carbocycles. The zero-order valence-corrected chi connectivity index (χ0v) is 25.9. The molecule has 4 nitrogen and oxygen atoms in total. The number of carbonyl (C=O) groups is 2.